The Hall–Kier alpha value is -4.07. The first-order chi connectivity index (χ1) is 22.3. The van der Waals surface area contributed by atoms with Gasteiger partial charge in [-0.15, -0.1) is 0 Å². The van der Waals surface area contributed by atoms with Gasteiger partial charge in [0.2, 0.25) is 0 Å². The fraction of sp³-hybridized carbons (Fsp3) is 0.441. The van der Waals surface area contributed by atoms with E-state index in [-0.39, 0.29) is 12.0 Å². The highest BCUT2D eigenvalue weighted by molar-refractivity contribution is 5.87. The maximum atomic E-state index is 11.4. The van der Waals surface area contributed by atoms with Gasteiger partial charge in [0.1, 0.15) is 41.4 Å². The number of ether oxygens (including phenoxy) is 1. The lowest BCUT2D eigenvalue weighted by Gasteiger charge is -2.28. The summed E-state index contributed by atoms with van der Waals surface area (Å²) in [5.74, 6) is 1.08. The number of rotatable bonds is 17. The average molecular weight is 632 g/mol. The molecule has 46 heavy (non-hydrogen) atoms. The van der Waals surface area contributed by atoms with Gasteiger partial charge < -0.3 is 45.9 Å². The summed E-state index contributed by atoms with van der Waals surface area (Å²) in [7, 11) is 1.80. The minimum atomic E-state index is -1.03. The predicted molar refractivity (Wildman–Crippen MR) is 177 cm³/mol. The van der Waals surface area contributed by atoms with Crippen molar-refractivity contribution in [3.05, 3.63) is 78.8 Å². The van der Waals surface area contributed by atoms with Crippen molar-refractivity contribution < 1.29 is 24.9 Å². The number of hydrogen-bond donors (Lipinski definition) is 6. The van der Waals surface area contributed by atoms with Gasteiger partial charge >= 0.3 is 5.97 Å². The highest BCUT2D eigenvalue weighted by atomic mass is 16.5. The fourth-order valence-electron chi connectivity index (χ4n) is 6.24. The average Bonchev–Trinajstić information content (AvgIpc) is 3.61. The molecule has 246 valence electrons. The van der Waals surface area contributed by atoms with Crippen molar-refractivity contribution in [2.75, 3.05) is 45.1 Å². The maximum Gasteiger partial charge on any atom is 0.320 e. The zero-order valence-electron chi connectivity index (χ0n) is 26.2. The fourth-order valence-corrected chi connectivity index (χ4v) is 6.24. The van der Waals surface area contributed by atoms with Crippen LogP contribution < -0.4 is 21.1 Å². The van der Waals surface area contributed by atoms with Crippen LogP contribution in [-0.2, 0) is 11.2 Å². The monoisotopic (exact) mass is 631 g/mol. The summed E-state index contributed by atoms with van der Waals surface area (Å²) in [5.41, 5.74) is 7.71. The third-order valence-corrected chi connectivity index (χ3v) is 8.74. The summed E-state index contributed by atoms with van der Waals surface area (Å²) in [4.78, 5) is 22.2. The summed E-state index contributed by atoms with van der Waals surface area (Å²) in [6.07, 6.45) is 4.01. The Morgan fingerprint density at radius 3 is 2.65 bits per heavy atom. The van der Waals surface area contributed by atoms with E-state index in [2.05, 4.69) is 37.6 Å². The zero-order chi connectivity index (χ0) is 32.5. The Morgan fingerprint density at radius 1 is 1.07 bits per heavy atom. The summed E-state index contributed by atoms with van der Waals surface area (Å²) in [5, 5.41) is 38.9. The number of carbonyl (C=O) groups is 1. The molecule has 0 spiro atoms. The number of carboxylic acid groups (broad SMARTS) is 1. The molecule has 5 atom stereocenters. The third kappa shape index (κ3) is 8.39. The lowest BCUT2D eigenvalue weighted by Crippen LogP contribution is -2.40. The number of anilines is 1. The minimum absolute atomic E-state index is 0.206. The smallest absolute Gasteiger partial charge is 0.320 e. The van der Waals surface area contributed by atoms with E-state index in [0.29, 0.717) is 43.9 Å². The molecule has 2 aromatic heterocycles. The number of fused-ring (bicyclic) bond motifs is 1. The second-order valence-corrected chi connectivity index (χ2v) is 11.9. The molecule has 2 aromatic carbocycles. The Kier molecular flexibility index (Phi) is 11.6. The second kappa shape index (κ2) is 16.0. The number of nitrogens with zero attached hydrogens (tertiary/aromatic N) is 4. The Morgan fingerprint density at radius 2 is 1.87 bits per heavy atom. The Balaban J connectivity index is 1.13. The molecule has 0 saturated heterocycles. The van der Waals surface area contributed by atoms with Crippen LogP contribution in [0.1, 0.15) is 30.9 Å². The van der Waals surface area contributed by atoms with Crippen LogP contribution in [0.3, 0.4) is 0 Å². The number of carboxylic acids is 1. The van der Waals surface area contributed by atoms with E-state index in [1.807, 2.05) is 59.3 Å². The molecule has 5 rings (SSSR count). The summed E-state index contributed by atoms with van der Waals surface area (Å²) >= 11 is 0. The Bertz CT molecular complexity index is 1550. The minimum Gasteiger partial charge on any atom is -0.480 e. The standard InChI is InChI=1S/C34H45N7O5/c1-36-32-27-12-18-41(33(27)39-22-38-32)29-20-24(30(42)31(29)43)21-40(17-13-28(35)34(44)45)16-6-14-37-15-11-23-7-5-10-26(19-23)46-25-8-3-2-4-9-25/h2-5,7-10,12,18-19,22,24,28-31,37,42-43H,6,11,13-17,20-21,35H2,1H3,(H,44,45)(H,36,38,39)/t24-,28+,29-,30-,31+/m1/s1. The van der Waals surface area contributed by atoms with Crippen LogP contribution in [0.4, 0.5) is 5.82 Å². The summed E-state index contributed by atoms with van der Waals surface area (Å²) in [6, 6.07) is 18.4. The third-order valence-electron chi connectivity index (χ3n) is 8.74. The van der Waals surface area contributed by atoms with Crippen LogP contribution in [0.25, 0.3) is 11.0 Å². The van der Waals surface area contributed by atoms with Crippen LogP contribution in [0.15, 0.2) is 73.2 Å². The van der Waals surface area contributed by atoms with E-state index in [9.17, 15) is 20.1 Å². The van der Waals surface area contributed by atoms with Gasteiger partial charge in [0, 0.05) is 32.3 Å². The van der Waals surface area contributed by atoms with E-state index in [1.54, 1.807) is 7.05 Å². The van der Waals surface area contributed by atoms with E-state index < -0.39 is 24.2 Å². The van der Waals surface area contributed by atoms with E-state index in [1.165, 1.54) is 11.9 Å². The molecule has 0 aliphatic heterocycles. The molecule has 12 heteroatoms. The molecular formula is C34H45N7O5. The Labute approximate surface area is 269 Å². The van der Waals surface area contributed by atoms with Crippen LogP contribution in [0, 0.1) is 5.92 Å². The molecule has 0 bridgehead atoms. The van der Waals surface area contributed by atoms with Crippen molar-refractivity contribution in [3.8, 4) is 11.5 Å². The molecule has 0 amide bonds. The number of benzene rings is 2. The van der Waals surface area contributed by atoms with E-state index in [0.717, 1.165) is 42.8 Å². The first kappa shape index (κ1) is 33.3. The van der Waals surface area contributed by atoms with E-state index >= 15 is 0 Å². The van der Waals surface area contributed by atoms with Gasteiger partial charge in [0.25, 0.3) is 0 Å². The molecule has 1 saturated carbocycles. The van der Waals surface area contributed by atoms with E-state index in [4.69, 9.17) is 10.5 Å². The summed E-state index contributed by atoms with van der Waals surface area (Å²) in [6.45, 7) is 3.29. The van der Waals surface area contributed by atoms with Crippen LogP contribution in [-0.4, -0.2) is 98.7 Å². The van der Waals surface area contributed by atoms with Crippen molar-refractivity contribution in [1.82, 2.24) is 24.8 Å². The quantitative estimate of drug-likeness (QED) is 0.0947. The first-order valence-electron chi connectivity index (χ1n) is 15.9. The molecule has 7 N–H and O–H groups in total. The van der Waals surface area contributed by atoms with Gasteiger partial charge in [0.05, 0.1) is 17.5 Å². The van der Waals surface area contributed by atoms with Crippen molar-refractivity contribution in [3.63, 3.8) is 0 Å². The number of hydrogen-bond acceptors (Lipinski definition) is 10. The van der Waals surface area contributed by atoms with Crippen LogP contribution in [0.2, 0.25) is 0 Å². The number of aliphatic hydroxyl groups is 2. The molecule has 1 fully saturated rings. The predicted octanol–water partition coefficient (Wildman–Crippen LogP) is 2.87. The van der Waals surface area contributed by atoms with Crippen molar-refractivity contribution in [2.24, 2.45) is 11.7 Å². The highest BCUT2D eigenvalue weighted by Crippen LogP contribution is 2.38. The lowest BCUT2D eigenvalue weighted by molar-refractivity contribution is -0.138. The number of aromatic nitrogens is 3. The topological polar surface area (TPSA) is 171 Å². The molecule has 0 unspecified atom stereocenters. The van der Waals surface area contributed by atoms with Gasteiger partial charge in [-0.2, -0.15) is 0 Å². The van der Waals surface area contributed by atoms with Crippen molar-refractivity contribution >= 4 is 22.8 Å². The highest BCUT2D eigenvalue weighted by Gasteiger charge is 2.43. The van der Waals surface area contributed by atoms with Gasteiger partial charge in [-0.05, 0) is 81.2 Å². The normalized spacial score (nSPS) is 20.3. The summed E-state index contributed by atoms with van der Waals surface area (Å²) < 4.78 is 7.88. The molecule has 1 aliphatic rings. The van der Waals surface area contributed by atoms with Crippen molar-refractivity contribution in [1.29, 1.82) is 0 Å². The van der Waals surface area contributed by atoms with Gasteiger partial charge in [-0.25, -0.2) is 9.97 Å². The first-order valence-corrected chi connectivity index (χ1v) is 15.9. The second-order valence-electron chi connectivity index (χ2n) is 11.9. The van der Waals surface area contributed by atoms with Crippen LogP contribution in [0.5, 0.6) is 11.5 Å². The molecule has 4 aromatic rings. The number of aliphatic carboxylic acids is 1. The lowest BCUT2D eigenvalue weighted by atomic mass is 10.0. The molecule has 12 nitrogen and oxygen atoms in total. The van der Waals surface area contributed by atoms with Gasteiger partial charge in [0.15, 0.2) is 0 Å². The van der Waals surface area contributed by atoms with Gasteiger partial charge in [-0.1, -0.05) is 30.3 Å². The van der Waals surface area contributed by atoms with Crippen molar-refractivity contribution in [2.45, 2.75) is 50.0 Å². The maximum absolute atomic E-state index is 11.4. The number of para-hydroxylation sites is 1. The molecular weight excluding hydrogens is 586 g/mol. The number of nitrogens with one attached hydrogen (secondary N) is 2. The SMILES string of the molecule is CNc1ncnc2c1ccn2[C@@H]1C[C@H](CN(CCCNCCc2cccc(Oc3ccccc3)c2)CC[C@H](N)C(=O)O)[C@@H](O)[C@H]1O. The van der Waals surface area contributed by atoms with Crippen LogP contribution >= 0.6 is 0 Å². The van der Waals surface area contributed by atoms with Gasteiger partial charge in [-0.3, -0.25) is 4.79 Å². The molecule has 1 aliphatic carbocycles. The number of aliphatic hydroxyl groups excluding tert-OH is 2. The largest absolute Gasteiger partial charge is 0.480 e. The zero-order valence-corrected chi connectivity index (χ0v) is 26.2. The molecule has 2 heterocycles. The number of nitrogens with two attached hydrogens (primary N) is 1. The molecule has 0 radical (unpaired) electrons.